The van der Waals surface area contributed by atoms with Crippen LogP contribution in [0.1, 0.15) is 17.3 Å². The second kappa shape index (κ2) is 7.09. The summed E-state index contributed by atoms with van der Waals surface area (Å²) in [5, 5.41) is 5.95. The van der Waals surface area contributed by atoms with E-state index in [1.54, 1.807) is 13.3 Å². The van der Waals surface area contributed by atoms with Gasteiger partial charge in [-0.25, -0.2) is 15.0 Å². The minimum absolute atomic E-state index is 0.490. The molecule has 33 heavy (non-hydrogen) atoms. The average molecular weight is 436 g/mol. The van der Waals surface area contributed by atoms with Crippen LogP contribution >= 0.6 is 0 Å². The molecule has 162 valence electrons. The number of aromatic amines is 1. The number of aryl methyl sites for hydroxylation is 3. The van der Waals surface area contributed by atoms with Crippen molar-refractivity contribution in [2.45, 2.75) is 20.8 Å². The summed E-state index contributed by atoms with van der Waals surface area (Å²) in [5.74, 6) is 1.87. The van der Waals surface area contributed by atoms with Gasteiger partial charge in [-0.1, -0.05) is 23.4 Å². The number of pyridine rings is 2. The fourth-order valence-corrected chi connectivity index (χ4v) is 4.50. The highest BCUT2D eigenvalue weighted by Gasteiger charge is 2.22. The van der Waals surface area contributed by atoms with Crippen molar-refractivity contribution >= 4 is 33.0 Å². The molecule has 0 aliphatic carbocycles. The summed E-state index contributed by atoms with van der Waals surface area (Å²) in [7, 11) is 1.61. The zero-order chi connectivity index (χ0) is 22.7. The SMILES string of the molecule is COc1nc2c(cc1-c1c(C)noc1C)[nH]c1nc(C)nc(-c3ccnc4ccccc34)c12. The monoisotopic (exact) mass is 436 g/mol. The van der Waals surface area contributed by atoms with E-state index < -0.39 is 0 Å². The topological polar surface area (TPSA) is 103 Å². The van der Waals surface area contributed by atoms with E-state index in [4.69, 9.17) is 19.2 Å². The molecule has 6 aromatic rings. The molecule has 0 aliphatic rings. The van der Waals surface area contributed by atoms with Crippen LogP contribution in [-0.2, 0) is 0 Å². The first-order chi connectivity index (χ1) is 16.0. The van der Waals surface area contributed by atoms with E-state index in [1.807, 2.05) is 51.1 Å². The molecule has 0 spiro atoms. The van der Waals surface area contributed by atoms with Crippen molar-refractivity contribution in [2.24, 2.45) is 0 Å². The van der Waals surface area contributed by atoms with Crippen LogP contribution in [0, 0.1) is 20.8 Å². The van der Waals surface area contributed by atoms with Gasteiger partial charge < -0.3 is 14.2 Å². The number of rotatable bonds is 3. The number of fused-ring (bicyclic) bond motifs is 4. The van der Waals surface area contributed by atoms with Gasteiger partial charge >= 0.3 is 0 Å². The quantitative estimate of drug-likeness (QED) is 0.401. The van der Waals surface area contributed by atoms with Crippen molar-refractivity contribution in [3.63, 3.8) is 0 Å². The van der Waals surface area contributed by atoms with Crippen LogP contribution in [0.15, 0.2) is 47.1 Å². The van der Waals surface area contributed by atoms with Gasteiger partial charge in [0.2, 0.25) is 5.88 Å². The first-order valence-electron chi connectivity index (χ1n) is 10.6. The molecular formula is C25H20N6O2. The molecule has 0 bridgehead atoms. The largest absolute Gasteiger partial charge is 0.481 e. The van der Waals surface area contributed by atoms with E-state index in [-0.39, 0.29) is 0 Å². The summed E-state index contributed by atoms with van der Waals surface area (Å²) in [5.41, 5.74) is 7.46. The lowest BCUT2D eigenvalue weighted by molar-refractivity contribution is 0.392. The van der Waals surface area contributed by atoms with Gasteiger partial charge in [-0.3, -0.25) is 4.98 Å². The van der Waals surface area contributed by atoms with Crippen LogP contribution in [-0.4, -0.2) is 37.2 Å². The molecule has 0 amide bonds. The molecule has 5 heterocycles. The molecule has 0 fully saturated rings. The number of hydrogen-bond acceptors (Lipinski definition) is 7. The van der Waals surface area contributed by atoms with Crippen LogP contribution in [0.3, 0.4) is 0 Å². The Balaban J connectivity index is 1.71. The van der Waals surface area contributed by atoms with Gasteiger partial charge in [0.05, 0.1) is 46.0 Å². The number of H-pyrrole nitrogens is 1. The molecule has 0 saturated heterocycles. The number of hydrogen-bond donors (Lipinski definition) is 1. The fourth-order valence-electron chi connectivity index (χ4n) is 4.50. The number of ether oxygens (including phenoxy) is 1. The van der Waals surface area contributed by atoms with Gasteiger partial charge in [-0.15, -0.1) is 0 Å². The van der Waals surface area contributed by atoms with Crippen molar-refractivity contribution in [3.05, 3.63) is 59.9 Å². The van der Waals surface area contributed by atoms with Crippen molar-refractivity contribution in [1.82, 2.24) is 30.1 Å². The standard InChI is InChI=1S/C25H20N6O2/c1-12-20(13(2)33-31-12)17-11-19-23(30-25(17)32-4)21-22(27-14(3)28-24(21)29-19)16-9-10-26-18-8-6-5-7-15(16)18/h5-11H,1-4H3,(H,27,28,29). The van der Waals surface area contributed by atoms with E-state index >= 15 is 0 Å². The van der Waals surface area contributed by atoms with Gasteiger partial charge in [-0.05, 0) is 39.0 Å². The van der Waals surface area contributed by atoms with Gasteiger partial charge in [0.1, 0.15) is 22.7 Å². The number of benzene rings is 1. The molecule has 0 aliphatic heterocycles. The number of nitrogens with zero attached hydrogens (tertiary/aromatic N) is 5. The molecular weight excluding hydrogens is 416 g/mol. The predicted octanol–water partition coefficient (Wildman–Crippen LogP) is 5.31. The summed E-state index contributed by atoms with van der Waals surface area (Å²) in [6, 6.07) is 12.0. The fraction of sp³-hybridized carbons (Fsp3) is 0.160. The van der Waals surface area contributed by atoms with Crippen LogP contribution in [0.25, 0.3) is 55.4 Å². The smallest absolute Gasteiger partial charge is 0.221 e. The Morgan fingerprint density at radius 1 is 0.970 bits per heavy atom. The van der Waals surface area contributed by atoms with Crippen LogP contribution in [0.4, 0.5) is 0 Å². The lowest BCUT2D eigenvalue weighted by atomic mass is 10.0. The first-order valence-corrected chi connectivity index (χ1v) is 10.6. The Morgan fingerprint density at radius 2 is 1.82 bits per heavy atom. The van der Waals surface area contributed by atoms with Gasteiger partial charge in [0.25, 0.3) is 0 Å². The number of methoxy groups -OCH3 is 1. The molecule has 8 heteroatoms. The van der Waals surface area contributed by atoms with Gasteiger partial charge in [0, 0.05) is 17.1 Å². The Kier molecular flexibility index (Phi) is 4.16. The maximum atomic E-state index is 5.70. The molecule has 0 radical (unpaired) electrons. The van der Waals surface area contributed by atoms with E-state index in [2.05, 4.69) is 26.2 Å². The zero-order valence-corrected chi connectivity index (χ0v) is 18.6. The maximum absolute atomic E-state index is 5.70. The average Bonchev–Trinajstić information content (AvgIpc) is 3.35. The minimum atomic E-state index is 0.490. The molecule has 0 unspecified atom stereocenters. The van der Waals surface area contributed by atoms with E-state index in [0.29, 0.717) is 17.5 Å². The van der Waals surface area contributed by atoms with Crippen molar-refractivity contribution in [1.29, 1.82) is 0 Å². The summed E-state index contributed by atoms with van der Waals surface area (Å²) in [6.07, 6.45) is 1.80. The molecule has 0 saturated carbocycles. The Morgan fingerprint density at radius 3 is 2.61 bits per heavy atom. The lowest BCUT2D eigenvalue weighted by Crippen LogP contribution is -1.96. The molecule has 6 rings (SSSR count). The Bertz CT molecular complexity index is 1670. The van der Waals surface area contributed by atoms with Crippen molar-refractivity contribution < 1.29 is 9.26 Å². The van der Waals surface area contributed by atoms with Gasteiger partial charge in [0.15, 0.2) is 0 Å². The van der Waals surface area contributed by atoms with Gasteiger partial charge in [-0.2, -0.15) is 0 Å². The van der Waals surface area contributed by atoms with Crippen molar-refractivity contribution in [2.75, 3.05) is 7.11 Å². The summed E-state index contributed by atoms with van der Waals surface area (Å²) >= 11 is 0. The summed E-state index contributed by atoms with van der Waals surface area (Å²) in [4.78, 5) is 22.3. The minimum Gasteiger partial charge on any atom is -0.481 e. The van der Waals surface area contributed by atoms with Crippen LogP contribution < -0.4 is 4.74 Å². The number of nitrogens with one attached hydrogen (secondary N) is 1. The highest BCUT2D eigenvalue weighted by Crippen LogP contribution is 2.40. The highest BCUT2D eigenvalue weighted by molar-refractivity contribution is 6.13. The normalized spacial score (nSPS) is 11.6. The summed E-state index contributed by atoms with van der Waals surface area (Å²) in [6.45, 7) is 5.68. The molecule has 8 nitrogen and oxygen atoms in total. The second-order valence-corrected chi connectivity index (χ2v) is 7.98. The Hall–Kier alpha value is -4.33. The Labute approximate surface area is 188 Å². The van der Waals surface area contributed by atoms with E-state index in [9.17, 15) is 0 Å². The number of aromatic nitrogens is 6. The third-order valence-electron chi connectivity index (χ3n) is 5.90. The van der Waals surface area contributed by atoms with Crippen molar-refractivity contribution in [3.8, 4) is 28.3 Å². The van der Waals surface area contributed by atoms with Crippen LogP contribution in [0.2, 0.25) is 0 Å². The lowest BCUT2D eigenvalue weighted by Gasteiger charge is -2.09. The second-order valence-electron chi connectivity index (χ2n) is 7.98. The number of para-hydroxylation sites is 1. The van der Waals surface area contributed by atoms with E-state index in [0.717, 1.165) is 61.0 Å². The third kappa shape index (κ3) is 2.87. The molecule has 1 aromatic carbocycles. The summed E-state index contributed by atoms with van der Waals surface area (Å²) < 4.78 is 11.1. The third-order valence-corrected chi connectivity index (χ3v) is 5.90. The van der Waals surface area contributed by atoms with E-state index in [1.165, 1.54) is 0 Å². The first kappa shape index (κ1) is 19.4. The molecule has 5 aromatic heterocycles. The zero-order valence-electron chi connectivity index (χ0n) is 18.6. The highest BCUT2D eigenvalue weighted by atomic mass is 16.5. The molecule has 0 atom stereocenters. The van der Waals surface area contributed by atoms with Crippen LogP contribution in [0.5, 0.6) is 5.88 Å². The maximum Gasteiger partial charge on any atom is 0.221 e. The molecule has 1 N–H and O–H groups in total. The predicted molar refractivity (Wildman–Crippen MR) is 126 cm³/mol.